The number of rotatable bonds is 5. The molecule has 1 rings (SSSR count). The van der Waals surface area contributed by atoms with Crippen molar-refractivity contribution in [1.29, 1.82) is 0 Å². The average molecular weight is 286 g/mol. The Labute approximate surface area is 113 Å². The number of ether oxygens (including phenoxy) is 1. The van der Waals surface area contributed by atoms with E-state index in [0.29, 0.717) is 11.3 Å². The van der Waals surface area contributed by atoms with Crippen molar-refractivity contribution in [2.24, 2.45) is 0 Å². The molecule has 0 radical (unpaired) electrons. The minimum absolute atomic E-state index is 0.0987. The van der Waals surface area contributed by atoms with Gasteiger partial charge in [0, 0.05) is 7.05 Å². The molecule has 0 heterocycles. The number of nitrogens with one attached hydrogen (secondary N) is 2. The predicted octanol–water partition coefficient (Wildman–Crippen LogP) is 0.416. The summed E-state index contributed by atoms with van der Waals surface area (Å²) in [6.07, 6.45) is 0. The van der Waals surface area contributed by atoms with Crippen LogP contribution < -0.4 is 14.8 Å². The zero-order chi connectivity index (χ0) is 14.6. The van der Waals surface area contributed by atoms with Crippen molar-refractivity contribution in [3.05, 3.63) is 23.8 Å². The van der Waals surface area contributed by atoms with Crippen molar-refractivity contribution < 1.29 is 17.9 Å². The van der Waals surface area contributed by atoms with Gasteiger partial charge in [-0.25, -0.2) is 8.42 Å². The third-order valence-electron chi connectivity index (χ3n) is 2.65. The van der Waals surface area contributed by atoms with Crippen LogP contribution in [0.3, 0.4) is 0 Å². The molecular weight excluding hydrogens is 268 g/mol. The van der Waals surface area contributed by atoms with Crippen LogP contribution >= 0.6 is 0 Å². The molecule has 0 bridgehead atoms. The number of amides is 1. The minimum Gasteiger partial charge on any atom is -0.496 e. The fourth-order valence-corrected chi connectivity index (χ4v) is 2.88. The van der Waals surface area contributed by atoms with Crippen LogP contribution in [0.15, 0.2) is 23.1 Å². The van der Waals surface area contributed by atoms with Gasteiger partial charge in [0.2, 0.25) is 15.9 Å². The van der Waals surface area contributed by atoms with Crippen molar-refractivity contribution in [1.82, 2.24) is 10.0 Å². The molecule has 0 aliphatic rings. The maximum absolute atomic E-state index is 12.1. The van der Waals surface area contributed by atoms with Crippen LogP contribution in [-0.2, 0) is 14.8 Å². The normalized spacial score (nSPS) is 12.8. The summed E-state index contributed by atoms with van der Waals surface area (Å²) < 4.78 is 31.5. The zero-order valence-electron chi connectivity index (χ0n) is 11.4. The van der Waals surface area contributed by atoms with Crippen molar-refractivity contribution in [3.8, 4) is 5.75 Å². The molecule has 6 nitrogen and oxygen atoms in total. The van der Waals surface area contributed by atoms with Gasteiger partial charge in [-0.15, -0.1) is 0 Å². The van der Waals surface area contributed by atoms with E-state index in [2.05, 4.69) is 10.0 Å². The van der Waals surface area contributed by atoms with E-state index in [1.807, 2.05) is 0 Å². The molecule has 0 aromatic heterocycles. The first kappa shape index (κ1) is 15.5. The molecule has 1 amide bonds. The lowest BCUT2D eigenvalue weighted by molar-refractivity contribution is -0.121. The van der Waals surface area contributed by atoms with Crippen LogP contribution in [0, 0.1) is 6.92 Å². The number of carbonyl (C=O) groups excluding carboxylic acids is 1. The molecule has 0 saturated carbocycles. The molecule has 106 valence electrons. The summed E-state index contributed by atoms with van der Waals surface area (Å²) in [5, 5.41) is 2.38. The molecule has 0 spiro atoms. The third kappa shape index (κ3) is 3.68. The Hall–Kier alpha value is -1.60. The Kier molecular flexibility index (Phi) is 4.90. The fourth-order valence-electron chi connectivity index (χ4n) is 1.59. The van der Waals surface area contributed by atoms with E-state index in [4.69, 9.17) is 4.74 Å². The molecule has 1 atom stereocenters. The second-order valence-electron chi connectivity index (χ2n) is 4.09. The summed E-state index contributed by atoms with van der Waals surface area (Å²) in [5.41, 5.74) is 0.706. The summed E-state index contributed by atoms with van der Waals surface area (Å²) in [6.45, 7) is 3.23. The second-order valence-corrected chi connectivity index (χ2v) is 5.80. The van der Waals surface area contributed by atoms with Crippen molar-refractivity contribution >= 4 is 15.9 Å². The molecule has 2 N–H and O–H groups in total. The summed E-state index contributed by atoms with van der Waals surface area (Å²) >= 11 is 0. The van der Waals surface area contributed by atoms with Crippen molar-refractivity contribution in [2.75, 3.05) is 14.2 Å². The van der Waals surface area contributed by atoms with Crippen molar-refractivity contribution in [3.63, 3.8) is 0 Å². The van der Waals surface area contributed by atoms with E-state index in [1.165, 1.54) is 33.2 Å². The van der Waals surface area contributed by atoms with E-state index in [1.54, 1.807) is 13.0 Å². The molecule has 7 heteroatoms. The van der Waals surface area contributed by atoms with Gasteiger partial charge >= 0.3 is 0 Å². The first-order valence-corrected chi connectivity index (χ1v) is 7.18. The number of likely N-dealkylation sites (N-methyl/N-ethyl adjacent to an activating group) is 1. The summed E-state index contributed by atoms with van der Waals surface area (Å²) in [4.78, 5) is 11.4. The van der Waals surface area contributed by atoms with Gasteiger partial charge in [0.15, 0.2) is 0 Å². The number of benzene rings is 1. The highest BCUT2D eigenvalue weighted by Gasteiger charge is 2.21. The summed E-state index contributed by atoms with van der Waals surface area (Å²) in [7, 11) is -0.763. The standard InChI is InChI=1S/C12H18N2O4S/c1-8-7-10(5-6-11(8)18-4)19(16,17)14-9(2)12(15)13-3/h5-7,9,14H,1-4H3,(H,13,15)/t9-/m0/s1. The molecule has 1 aromatic rings. The van der Waals surface area contributed by atoms with Gasteiger partial charge in [-0.3, -0.25) is 4.79 Å². The number of hydrogen-bond donors (Lipinski definition) is 2. The fraction of sp³-hybridized carbons (Fsp3) is 0.417. The van der Waals surface area contributed by atoms with Crippen molar-refractivity contribution in [2.45, 2.75) is 24.8 Å². The van der Waals surface area contributed by atoms with Crippen LogP contribution in [-0.4, -0.2) is 34.5 Å². The Morgan fingerprint density at radius 2 is 2.00 bits per heavy atom. The lowest BCUT2D eigenvalue weighted by Gasteiger charge is -2.13. The molecule has 0 unspecified atom stereocenters. The van der Waals surface area contributed by atoms with Crippen LogP contribution in [0.2, 0.25) is 0 Å². The van der Waals surface area contributed by atoms with Gasteiger partial charge < -0.3 is 10.1 Å². The van der Waals surface area contributed by atoms with E-state index in [-0.39, 0.29) is 4.90 Å². The molecule has 19 heavy (non-hydrogen) atoms. The van der Waals surface area contributed by atoms with Gasteiger partial charge in [0.05, 0.1) is 18.0 Å². The van der Waals surface area contributed by atoms with E-state index >= 15 is 0 Å². The Morgan fingerprint density at radius 1 is 1.37 bits per heavy atom. The van der Waals surface area contributed by atoms with Gasteiger partial charge in [-0.1, -0.05) is 0 Å². The number of aryl methyl sites for hydroxylation is 1. The highest BCUT2D eigenvalue weighted by atomic mass is 32.2. The molecule has 1 aromatic carbocycles. The smallest absolute Gasteiger partial charge is 0.241 e. The first-order chi connectivity index (χ1) is 8.81. The van der Waals surface area contributed by atoms with Gasteiger partial charge in [-0.2, -0.15) is 4.72 Å². The largest absolute Gasteiger partial charge is 0.496 e. The minimum atomic E-state index is -3.73. The second kappa shape index (κ2) is 6.03. The SMILES string of the molecule is CNC(=O)[C@H](C)NS(=O)(=O)c1ccc(OC)c(C)c1. The van der Waals surface area contributed by atoms with Crippen LogP contribution in [0.25, 0.3) is 0 Å². The number of methoxy groups -OCH3 is 1. The van der Waals surface area contributed by atoms with Crippen LogP contribution in [0.1, 0.15) is 12.5 Å². The number of hydrogen-bond acceptors (Lipinski definition) is 4. The molecule has 0 fully saturated rings. The average Bonchev–Trinajstić information content (AvgIpc) is 2.37. The van der Waals surface area contributed by atoms with Gasteiger partial charge in [0.1, 0.15) is 5.75 Å². The third-order valence-corrected chi connectivity index (χ3v) is 4.19. The summed E-state index contributed by atoms with van der Waals surface area (Å²) in [5.74, 6) is 0.215. The predicted molar refractivity (Wildman–Crippen MR) is 71.6 cm³/mol. The van der Waals surface area contributed by atoms with Gasteiger partial charge in [0.25, 0.3) is 0 Å². The Balaban J connectivity index is 3.01. The Bertz CT molecular complexity index is 569. The quantitative estimate of drug-likeness (QED) is 0.821. The van der Waals surface area contributed by atoms with Crippen LogP contribution in [0.4, 0.5) is 0 Å². The molecule has 0 aliphatic carbocycles. The number of sulfonamides is 1. The zero-order valence-corrected chi connectivity index (χ0v) is 12.2. The maximum Gasteiger partial charge on any atom is 0.241 e. The molecular formula is C12H18N2O4S. The highest BCUT2D eigenvalue weighted by Crippen LogP contribution is 2.21. The lowest BCUT2D eigenvalue weighted by atomic mass is 10.2. The maximum atomic E-state index is 12.1. The molecule has 0 saturated heterocycles. The van der Waals surface area contributed by atoms with E-state index in [9.17, 15) is 13.2 Å². The monoisotopic (exact) mass is 286 g/mol. The first-order valence-electron chi connectivity index (χ1n) is 5.70. The highest BCUT2D eigenvalue weighted by molar-refractivity contribution is 7.89. The number of carbonyl (C=O) groups is 1. The summed E-state index contributed by atoms with van der Waals surface area (Å²) in [6, 6.07) is 3.68. The van der Waals surface area contributed by atoms with Gasteiger partial charge in [-0.05, 0) is 37.6 Å². The lowest BCUT2D eigenvalue weighted by Crippen LogP contribution is -2.43. The van der Waals surface area contributed by atoms with E-state index < -0.39 is 22.0 Å². The van der Waals surface area contributed by atoms with E-state index in [0.717, 1.165) is 0 Å². The topological polar surface area (TPSA) is 84.5 Å². The molecule has 0 aliphatic heterocycles. The van der Waals surface area contributed by atoms with Crippen LogP contribution in [0.5, 0.6) is 5.75 Å². The Morgan fingerprint density at radius 3 is 2.47 bits per heavy atom.